The lowest BCUT2D eigenvalue weighted by atomic mass is 9.85. The number of carbonyl (C=O) groups is 1. The van der Waals surface area contributed by atoms with E-state index in [4.69, 9.17) is 0 Å². The lowest BCUT2D eigenvalue weighted by Crippen LogP contribution is -2.50. The molecule has 2 fully saturated rings. The molecule has 6 heteroatoms. The van der Waals surface area contributed by atoms with Gasteiger partial charge in [0.15, 0.2) is 0 Å². The Kier molecular flexibility index (Phi) is 5.72. The van der Waals surface area contributed by atoms with Gasteiger partial charge in [-0.15, -0.1) is 0 Å². The molecule has 26 heavy (non-hydrogen) atoms. The van der Waals surface area contributed by atoms with Crippen molar-refractivity contribution in [3.8, 4) is 0 Å². The molecule has 0 spiro atoms. The second kappa shape index (κ2) is 7.69. The van der Waals surface area contributed by atoms with Gasteiger partial charge >= 0.3 is 0 Å². The lowest BCUT2D eigenvalue weighted by molar-refractivity contribution is 0.0620. The van der Waals surface area contributed by atoms with Crippen molar-refractivity contribution in [2.45, 2.75) is 52.0 Å². The molecule has 0 saturated carbocycles. The number of nitrogens with zero attached hydrogens (tertiary/aromatic N) is 2. The van der Waals surface area contributed by atoms with Crippen molar-refractivity contribution in [3.63, 3.8) is 0 Å². The lowest BCUT2D eigenvalue weighted by Gasteiger charge is -2.42. The molecule has 0 aromatic heterocycles. The number of piperidine rings is 2. The van der Waals surface area contributed by atoms with Gasteiger partial charge in [0.05, 0.1) is 6.26 Å². The van der Waals surface area contributed by atoms with E-state index in [1.807, 2.05) is 30.9 Å². The zero-order valence-electron chi connectivity index (χ0n) is 16.1. The first-order valence-electron chi connectivity index (χ1n) is 9.60. The van der Waals surface area contributed by atoms with E-state index in [1.54, 1.807) is 4.31 Å². The molecular weight excluding hydrogens is 348 g/mol. The molecule has 0 unspecified atom stereocenters. The van der Waals surface area contributed by atoms with Crippen molar-refractivity contribution < 1.29 is 13.2 Å². The summed E-state index contributed by atoms with van der Waals surface area (Å²) in [6.07, 6.45) is 6.08. The minimum absolute atomic E-state index is 0.0962. The van der Waals surface area contributed by atoms with E-state index in [0.29, 0.717) is 25.6 Å². The Hall–Kier alpha value is -1.40. The van der Waals surface area contributed by atoms with E-state index in [9.17, 15) is 13.2 Å². The second-order valence-corrected chi connectivity index (χ2v) is 9.88. The number of hydrogen-bond acceptors (Lipinski definition) is 3. The van der Waals surface area contributed by atoms with E-state index in [-0.39, 0.29) is 11.9 Å². The summed E-state index contributed by atoms with van der Waals surface area (Å²) in [4.78, 5) is 14.8. The fraction of sp³-hybridized carbons (Fsp3) is 0.650. The fourth-order valence-corrected chi connectivity index (χ4v) is 5.81. The molecule has 2 saturated heterocycles. The van der Waals surface area contributed by atoms with Crippen LogP contribution in [0.25, 0.3) is 0 Å². The Morgan fingerprint density at radius 2 is 1.58 bits per heavy atom. The molecule has 1 amide bonds. The van der Waals surface area contributed by atoms with Crippen LogP contribution >= 0.6 is 0 Å². The van der Waals surface area contributed by atoms with Gasteiger partial charge in [-0.3, -0.25) is 4.79 Å². The zero-order chi connectivity index (χ0) is 18.9. The Balaban J connectivity index is 1.66. The van der Waals surface area contributed by atoms with Crippen LogP contribution in [0.1, 0.15) is 53.6 Å². The Labute approximate surface area is 157 Å². The molecule has 5 nitrogen and oxygen atoms in total. The molecule has 0 aliphatic carbocycles. The van der Waals surface area contributed by atoms with Gasteiger partial charge in [-0.1, -0.05) is 23.6 Å². The highest BCUT2D eigenvalue weighted by molar-refractivity contribution is 7.88. The Bertz CT molecular complexity index is 747. The fourth-order valence-electron chi connectivity index (χ4n) is 4.58. The summed E-state index contributed by atoms with van der Waals surface area (Å²) >= 11 is 0. The average Bonchev–Trinajstić information content (AvgIpc) is 2.60. The van der Waals surface area contributed by atoms with Crippen LogP contribution in [-0.2, 0) is 10.0 Å². The molecule has 0 bridgehead atoms. The van der Waals surface area contributed by atoms with Crippen LogP contribution in [0.4, 0.5) is 0 Å². The van der Waals surface area contributed by atoms with Crippen LogP contribution in [0.15, 0.2) is 18.2 Å². The van der Waals surface area contributed by atoms with Gasteiger partial charge in [-0.25, -0.2) is 8.42 Å². The van der Waals surface area contributed by atoms with Crippen molar-refractivity contribution >= 4 is 15.9 Å². The van der Waals surface area contributed by atoms with Crippen molar-refractivity contribution in [1.82, 2.24) is 9.21 Å². The second-order valence-electron chi connectivity index (χ2n) is 7.94. The number of rotatable bonds is 3. The van der Waals surface area contributed by atoms with Crippen molar-refractivity contribution in [1.29, 1.82) is 0 Å². The summed E-state index contributed by atoms with van der Waals surface area (Å²) in [7, 11) is -3.15. The maximum absolute atomic E-state index is 12.8. The molecule has 0 N–H and O–H groups in total. The SMILES string of the molecule is Cc1cc(C)cc(C(=O)N2CCC([C@@H]3CCCCN3S(C)(=O)=O)CC2)c1. The number of benzene rings is 1. The summed E-state index contributed by atoms with van der Waals surface area (Å²) in [6, 6.07) is 6.09. The molecule has 2 aliphatic rings. The highest BCUT2D eigenvalue weighted by Crippen LogP contribution is 2.32. The van der Waals surface area contributed by atoms with Crippen molar-refractivity contribution in [3.05, 3.63) is 34.9 Å². The van der Waals surface area contributed by atoms with Crippen LogP contribution < -0.4 is 0 Å². The third kappa shape index (κ3) is 4.29. The first-order chi connectivity index (χ1) is 12.3. The summed E-state index contributed by atoms with van der Waals surface area (Å²) < 4.78 is 26.0. The van der Waals surface area contributed by atoms with Gasteiger partial charge in [0.25, 0.3) is 5.91 Å². The van der Waals surface area contributed by atoms with Gasteiger partial charge in [0.1, 0.15) is 0 Å². The highest BCUT2D eigenvalue weighted by atomic mass is 32.2. The topological polar surface area (TPSA) is 57.7 Å². The Morgan fingerprint density at radius 3 is 2.15 bits per heavy atom. The van der Waals surface area contributed by atoms with Gasteiger partial charge in [0.2, 0.25) is 10.0 Å². The summed E-state index contributed by atoms with van der Waals surface area (Å²) in [5.74, 6) is 0.451. The van der Waals surface area contributed by atoms with E-state index < -0.39 is 10.0 Å². The van der Waals surface area contributed by atoms with Crippen molar-refractivity contribution in [2.24, 2.45) is 5.92 Å². The third-order valence-corrected chi connectivity index (χ3v) is 7.07. The van der Waals surface area contributed by atoms with Crippen LogP contribution in [0, 0.1) is 19.8 Å². The number of carbonyl (C=O) groups excluding carboxylic acids is 1. The molecule has 1 aromatic carbocycles. The first-order valence-corrected chi connectivity index (χ1v) is 11.4. The number of aryl methyl sites for hydroxylation is 2. The molecule has 3 rings (SSSR count). The third-order valence-electron chi connectivity index (χ3n) is 5.76. The molecule has 2 aliphatic heterocycles. The smallest absolute Gasteiger partial charge is 0.253 e. The van der Waals surface area contributed by atoms with E-state index >= 15 is 0 Å². The number of hydrogen-bond donors (Lipinski definition) is 0. The number of amides is 1. The van der Waals surface area contributed by atoms with E-state index in [0.717, 1.165) is 48.8 Å². The summed E-state index contributed by atoms with van der Waals surface area (Å²) in [5, 5.41) is 0. The maximum Gasteiger partial charge on any atom is 0.253 e. The van der Waals surface area contributed by atoms with E-state index in [1.165, 1.54) is 6.26 Å². The van der Waals surface area contributed by atoms with Gasteiger partial charge in [-0.2, -0.15) is 4.31 Å². The molecule has 1 atom stereocenters. The van der Waals surface area contributed by atoms with Gasteiger partial charge < -0.3 is 4.90 Å². The summed E-state index contributed by atoms with van der Waals surface area (Å²) in [6.45, 7) is 6.10. The van der Waals surface area contributed by atoms with Crippen LogP contribution in [0.2, 0.25) is 0 Å². The van der Waals surface area contributed by atoms with Crippen LogP contribution in [-0.4, -0.2) is 55.5 Å². The van der Waals surface area contributed by atoms with Gasteiger partial charge in [0, 0.05) is 31.2 Å². The number of sulfonamides is 1. The minimum Gasteiger partial charge on any atom is -0.339 e. The monoisotopic (exact) mass is 378 g/mol. The average molecular weight is 379 g/mol. The van der Waals surface area contributed by atoms with E-state index in [2.05, 4.69) is 6.07 Å². The molecular formula is C20H30N2O3S. The van der Waals surface area contributed by atoms with Crippen LogP contribution in [0.3, 0.4) is 0 Å². The normalized spacial score (nSPS) is 23.2. The predicted molar refractivity (Wildman–Crippen MR) is 104 cm³/mol. The maximum atomic E-state index is 12.8. The van der Waals surface area contributed by atoms with Crippen LogP contribution in [0.5, 0.6) is 0 Å². The number of likely N-dealkylation sites (tertiary alicyclic amines) is 1. The molecule has 144 valence electrons. The first kappa shape index (κ1) is 19.4. The van der Waals surface area contributed by atoms with Crippen molar-refractivity contribution in [2.75, 3.05) is 25.9 Å². The summed E-state index contributed by atoms with van der Waals surface area (Å²) in [5.41, 5.74) is 2.97. The zero-order valence-corrected chi connectivity index (χ0v) is 16.9. The largest absolute Gasteiger partial charge is 0.339 e. The predicted octanol–water partition coefficient (Wildman–Crippen LogP) is 2.97. The Morgan fingerprint density at radius 1 is 0.962 bits per heavy atom. The standard InChI is InChI=1S/C20H30N2O3S/c1-15-12-16(2)14-18(13-15)20(23)21-10-7-17(8-11-21)19-6-4-5-9-22(19)26(3,24)25/h12-14,17,19H,4-11H2,1-3H3/t19-/m0/s1. The minimum atomic E-state index is -3.15. The molecule has 1 aromatic rings. The molecule has 0 radical (unpaired) electrons. The highest BCUT2D eigenvalue weighted by Gasteiger charge is 2.37. The van der Waals surface area contributed by atoms with Gasteiger partial charge in [-0.05, 0) is 57.6 Å². The quantitative estimate of drug-likeness (QED) is 0.812. The molecule has 2 heterocycles.